The van der Waals surface area contributed by atoms with Gasteiger partial charge in [-0.25, -0.2) is 9.97 Å². The zero-order valence-electron chi connectivity index (χ0n) is 15.9. The van der Waals surface area contributed by atoms with E-state index < -0.39 is 0 Å². The van der Waals surface area contributed by atoms with E-state index in [-0.39, 0.29) is 5.76 Å². The van der Waals surface area contributed by atoms with E-state index in [0.717, 1.165) is 32.6 Å². The fourth-order valence-electron chi connectivity index (χ4n) is 3.56. The molecule has 8 heteroatoms. The topological polar surface area (TPSA) is 88.9 Å². The molecular formula is C22H18BrN5OS. The number of aliphatic hydroxyl groups is 1. The third kappa shape index (κ3) is 3.53. The number of amidine groups is 1. The second-order valence-electron chi connectivity index (χ2n) is 7.09. The summed E-state index contributed by atoms with van der Waals surface area (Å²) in [4.78, 5) is 14.4. The fraction of sp³-hybridized carbons (Fsp3) is 0.136. The Kier molecular flexibility index (Phi) is 4.88. The van der Waals surface area contributed by atoms with Crippen LogP contribution in [0.2, 0.25) is 0 Å². The van der Waals surface area contributed by atoms with Crippen LogP contribution in [0.25, 0.3) is 27.9 Å². The summed E-state index contributed by atoms with van der Waals surface area (Å²) in [5.41, 5.74) is 4.32. The molecule has 0 aliphatic carbocycles. The van der Waals surface area contributed by atoms with E-state index in [1.807, 2.05) is 58.8 Å². The Morgan fingerprint density at radius 1 is 1.13 bits per heavy atom. The number of halogens is 1. The first-order valence-electron chi connectivity index (χ1n) is 9.50. The van der Waals surface area contributed by atoms with Crippen LogP contribution < -0.4 is 0 Å². The number of nitrogens with zero attached hydrogens (tertiary/aromatic N) is 3. The summed E-state index contributed by atoms with van der Waals surface area (Å²) in [6.45, 7) is 0.915. The lowest BCUT2D eigenvalue weighted by molar-refractivity contribution is 0.350. The molecule has 0 atom stereocenters. The number of aromatic nitrogens is 3. The van der Waals surface area contributed by atoms with Crippen molar-refractivity contribution in [3.05, 3.63) is 75.0 Å². The minimum absolute atomic E-state index is 0.196. The van der Waals surface area contributed by atoms with E-state index in [9.17, 15) is 5.11 Å². The number of rotatable bonds is 5. The molecule has 0 radical (unpaired) electrons. The van der Waals surface area contributed by atoms with Crippen LogP contribution in [0.15, 0.2) is 64.1 Å². The zero-order valence-corrected chi connectivity index (χ0v) is 18.3. The van der Waals surface area contributed by atoms with Crippen LogP contribution in [0.3, 0.4) is 0 Å². The number of aliphatic hydroxyl groups excluding tert-OH is 1. The number of H-pyrrole nitrogens is 1. The maximum Gasteiger partial charge on any atom is 0.135 e. The number of fused-ring (bicyclic) bond motifs is 1. The number of nitrogens with one attached hydrogen (secondary N) is 2. The number of hydrogen-bond acceptors (Lipinski definition) is 5. The van der Waals surface area contributed by atoms with Gasteiger partial charge in [-0.2, -0.15) is 0 Å². The molecule has 0 unspecified atom stereocenters. The minimum Gasteiger partial charge on any atom is -0.510 e. The summed E-state index contributed by atoms with van der Waals surface area (Å²) in [6.07, 6.45) is 0.666. The first-order valence-corrected chi connectivity index (χ1v) is 11.2. The Labute approximate surface area is 185 Å². The summed E-state index contributed by atoms with van der Waals surface area (Å²) >= 11 is 4.89. The van der Waals surface area contributed by atoms with Crippen molar-refractivity contribution in [3.63, 3.8) is 0 Å². The van der Waals surface area contributed by atoms with Gasteiger partial charge in [-0.15, -0.1) is 11.3 Å². The molecule has 2 aromatic carbocycles. The number of para-hydroxylation sites is 2. The molecule has 0 fully saturated rings. The molecule has 0 spiro atoms. The molecule has 150 valence electrons. The molecule has 0 amide bonds. The van der Waals surface area contributed by atoms with Crippen molar-refractivity contribution in [2.45, 2.75) is 6.42 Å². The van der Waals surface area contributed by atoms with Gasteiger partial charge in [-0.1, -0.05) is 40.2 Å². The van der Waals surface area contributed by atoms with Crippen molar-refractivity contribution in [1.82, 2.24) is 19.9 Å². The molecule has 0 saturated heterocycles. The van der Waals surface area contributed by atoms with Crippen molar-refractivity contribution in [2.24, 2.45) is 0 Å². The maximum absolute atomic E-state index is 10.5. The first kappa shape index (κ1) is 19.0. The summed E-state index contributed by atoms with van der Waals surface area (Å²) in [6, 6.07) is 15.9. The zero-order chi connectivity index (χ0) is 20.7. The van der Waals surface area contributed by atoms with Crippen LogP contribution in [0.1, 0.15) is 10.8 Å². The predicted molar refractivity (Wildman–Crippen MR) is 124 cm³/mol. The van der Waals surface area contributed by atoms with Crippen molar-refractivity contribution in [2.75, 3.05) is 13.1 Å². The highest BCUT2D eigenvalue weighted by atomic mass is 79.9. The summed E-state index contributed by atoms with van der Waals surface area (Å²) in [7, 11) is 0. The second-order valence-corrected chi connectivity index (χ2v) is 8.86. The molecule has 0 bridgehead atoms. The Morgan fingerprint density at radius 2 is 1.93 bits per heavy atom. The van der Waals surface area contributed by atoms with Gasteiger partial charge in [-0.05, 0) is 24.3 Å². The number of imidazole rings is 1. The quantitative estimate of drug-likeness (QED) is 0.364. The highest BCUT2D eigenvalue weighted by Crippen LogP contribution is 2.32. The molecule has 30 heavy (non-hydrogen) atoms. The minimum atomic E-state index is 0.196. The van der Waals surface area contributed by atoms with Gasteiger partial charge >= 0.3 is 0 Å². The molecule has 1 aliphatic heterocycles. The van der Waals surface area contributed by atoms with Crippen molar-refractivity contribution in [1.29, 1.82) is 5.41 Å². The lowest BCUT2D eigenvalue weighted by Crippen LogP contribution is -2.29. The molecule has 6 nitrogen and oxygen atoms in total. The molecule has 1 aliphatic rings. The lowest BCUT2D eigenvalue weighted by atomic mass is 10.2. The first-order chi connectivity index (χ1) is 14.6. The number of aromatic amines is 1. The summed E-state index contributed by atoms with van der Waals surface area (Å²) in [5.74, 6) is 1.38. The molecule has 4 aromatic rings. The van der Waals surface area contributed by atoms with E-state index in [0.29, 0.717) is 35.9 Å². The van der Waals surface area contributed by atoms with Gasteiger partial charge in [0.05, 0.1) is 28.8 Å². The average Bonchev–Trinajstić information content (AvgIpc) is 3.44. The molecular weight excluding hydrogens is 462 g/mol. The monoisotopic (exact) mass is 479 g/mol. The fourth-order valence-corrected chi connectivity index (χ4v) is 4.72. The molecule has 5 rings (SSSR count). The summed E-state index contributed by atoms with van der Waals surface area (Å²) in [5, 5.41) is 21.8. The van der Waals surface area contributed by atoms with Gasteiger partial charge in [-0.3, -0.25) is 5.41 Å². The van der Waals surface area contributed by atoms with Crippen LogP contribution in [-0.2, 0) is 6.42 Å². The largest absolute Gasteiger partial charge is 0.510 e. The second kappa shape index (κ2) is 7.70. The average molecular weight is 480 g/mol. The van der Waals surface area contributed by atoms with Gasteiger partial charge in [0.15, 0.2) is 0 Å². The van der Waals surface area contributed by atoms with Crippen molar-refractivity contribution >= 4 is 49.7 Å². The predicted octanol–water partition coefficient (Wildman–Crippen LogP) is 5.25. The maximum atomic E-state index is 10.5. The Hall–Kier alpha value is -2.97. The molecule has 2 aromatic heterocycles. The van der Waals surface area contributed by atoms with Crippen molar-refractivity contribution < 1.29 is 5.11 Å². The molecule has 0 saturated carbocycles. The van der Waals surface area contributed by atoms with E-state index in [2.05, 4.69) is 30.9 Å². The highest BCUT2D eigenvalue weighted by Gasteiger charge is 2.30. The Balaban J connectivity index is 1.30. The number of hydrogen-bond donors (Lipinski definition) is 3. The Bertz CT molecular complexity index is 1240. The van der Waals surface area contributed by atoms with Gasteiger partial charge in [0.2, 0.25) is 0 Å². The van der Waals surface area contributed by atoms with E-state index >= 15 is 0 Å². The van der Waals surface area contributed by atoms with Crippen LogP contribution in [0.5, 0.6) is 0 Å². The van der Waals surface area contributed by atoms with Gasteiger partial charge in [0.1, 0.15) is 22.4 Å². The SMILES string of the molecule is N=C1C(c2nc(-c3ccc(Br)cc3)cs2)=C(O)CN1CCc1nc2ccccc2[nH]1. The van der Waals surface area contributed by atoms with E-state index in [1.54, 1.807) is 0 Å². The normalized spacial score (nSPS) is 14.3. The van der Waals surface area contributed by atoms with Crippen LogP contribution >= 0.6 is 27.3 Å². The standard InChI is InChI=1S/C22H18BrN5OS/c23-14-7-5-13(6-8-14)17-12-30-22(27-17)20-18(29)11-28(21(20)24)10-9-19-25-15-3-1-2-4-16(15)26-19/h1-8,12,24,29H,9-11H2,(H,25,26). The van der Waals surface area contributed by atoms with Gasteiger partial charge in [0, 0.05) is 28.4 Å². The lowest BCUT2D eigenvalue weighted by Gasteiger charge is -2.17. The third-order valence-corrected chi connectivity index (χ3v) is 6.49. The van der Waals surface area contributed by atoms with Crippen LogP contribution in [-0.4, -0.2) is 43.9 Å². The van der Waals surface area contributed by atoms with Gasteiger partial charge in [0.25, 0.3) is 0 Å². The molecule has 3 N–H and O–H groups in total. The number of thiazole rings is 1. The Morgan fingerprint density at radius 3 is 2.73 bits per heavy atom. The van der Waals surface area contributed by atoms with Gasteiger partial charge < -0.3 is 15.0 Å². The molecule has 3 heterocycles. The van der Waals surface area contributed by atoms with Crippen molar-refractivity contribution in [3.8, 4) is 11.3 Å². The smallest absolute Gasteiger partial charge is 0.135 e. The van der Waals surface area contributed by atoms with Crippen LogP contribution in [0, 0.1) is 5.41 Å². The van der Waals surface area contributed by atoms with E-state index in [4.69, 9.17) is 5.41 Å². The third-order valence-electron chi connectivity index (χ3n) is 5.10. The van der Waals surface area contributed by atoms with Crippen LogP contribution in [0.4, 0.5) is 0 Å². The summed E-state index contributed by atoms with van der Waals surface area (Å²) < 4.78 is 1.01. The number of benzene rings is 2. The van der Waals surface area contributed by atoms with E-state index in [1.165, 1.54) is 11.3 Å². The highest BCUT2D eigenvalue weighted by molar-refractivity contribution is 9.10.